The van der Waals surface area contributed by atoms with Gasteiger partial charge < -0.3 is 9.72 Å². The first kappa shape index (κ1) is 9.39. The van der Waals surface area contributed by atoms with E-state index in [0.29, 0.717) is 17.2 Å². The first-order valence-electron chi connectivity index (χ1n) is 5.36. The first-order chi connectivity index (χ1) is 7.79. The van der Waals surface area contributed by atoms with Crippen molar-refractivity contribution in [2.75, 3.05) is 7.11 Å². The maximum Gasteiger partial charge on any atom is 0.345 e. The Bertz CT molecular complexity index is 599. The van der Waals surface area contributed by atoms with Crippen molar-refractivity contribution < 1.29 is 4.74 Å². The number of aromatic nitrogens is 2. The maximum atomic E-state index is 11.5. The van der Waals surface area contributed by atoms with Gasteiger partial charge in [0.15, 0.2) is 0 Å². The van der Waals surface area contributed by atoms with Gasteiger partial charge in [0.1, 0.15) is 11.3 Å². The van der Waals surface area contributed by atoms with Crippen molar-refractivity contribution in [2.24, 2.45) is 0 Å². The van der Waals surface area contributed by atoms with Gasteiger partial charge in [-0.2, -0.15) is 4.98 Å². The Balaban J connectivity index is 2.38. The second kappa shape index (κ2) is 3.33. The number of rotatable bonds is 2. The van der Waals surface area contributed by atoms with Crippen molar-refractivity contribution in [1.29, 1.82) is 0 Å². The molecule has 0 bridgehead atoms. The summed E-state index contributed by atoms with van der Waals surface area (Å²) in [6, 6.07) is 5.73. The molecule has 16 heavy (non-hydrogen) atoms. The summed E-state index contributed by atoms with van der Waals surface area (Å²) in [5, 5.41) is 1.00. The quantitative estimate of drug-likeness (QED) is 0.832. The summed E-state index contributed by atoms with van der Waals surface area (Å²) in [5.74, 6) is 1.15. The molecule has 0 unspecified atom stereocenters. The average molecular weight is 216 g/mol. The molecule has 0 spiro atoms. The minimum Gasteiger partial charge on any atom is -0.494 e. The summed E-state index contributed by atoms with van der Waals surface area (Å²) >= 11 is 0. The topological polar surface area (TPSA) is 55.0 Å². The van der Waals surface area contributed by atoms with Crippen molar-refractivity contribution in [1.82, 2.24) is 9.97 Å². The van der Waals surface area contributed by atoms with Crippen LogP contribution in [0, 0.1) is 0 Å². The van der Waals surface area contributed by atoms with Crippen molar-refractivity contribution in [3.63, 3.8) is 0 Å². The van der Waals surface area contributed by atoms with Gasteiger partial charge in [-0.3, -0.25) is 0 Å². The molecule has 0 aliphatic heterocycles. The average Bonchev–Trinajstić information content (AvgIpc) is 3.11. The second-order valence-electron chi connectivity index (χ2n) is 4.09. The number of nitrogens with one attached hydrogen (secondary N) is 1. The highest BCUT2D eigenvalue weighted by Crippen LogP contribution is 2.41. The van der Waals surface area contributed by atoms with Crippen LogP contribution in [0.5, 0.6) is 5.75 Å². The number of benzene rings is 1. The lowest BCUT2D eigenvalue weighted by molar-refractivity contribution is 0.418. The Kier molecular flexibility index (Phi) is 1.96. The Hall–Kier alpha value is -1.84. The van der Waals surface area contributed by atoms with Crippen molar-refractivity contribution in [2.45, 2.75) is 18.8 Å². The van der Waals surface area contributed by atoms with Crippen molar-refractivity contribution in [3.8, 4) is 5.75 Å². The molecule has 1 fully saturated rings. The van der Waals surface area contributed by atoms with E-state index >= 15 is 0 Å². The molecule has 0 saturated heterocycles. The fourth-order valence-electron chi connectivity index (χ4n) is 2.03. The first-order valence-corrected chi connectivity index (χ1v) is 5.36. The molecule has 1 aromatic carbocycles. The van der Waals surface area contributed by atoms with Gasteiger partial charge in [-0.05, 0) is 24.8 Å². The van der Waals surface area contributed by atoms with Crippen molar-refractivity contribution >= 4 is 10.9 Å². The molecule has 0 atom stereocenters. The molecule has 0 radical (unpaired) electrons. The number of ether oxygens (including phenoxy) is 1. The van der Waals surface area contributed by atoms with E-state index in [-0.39, 0.29) is 5.69 Å². The molecule has 2 aromatic rings. The normalized spacial score (nSPS) is 15.3. The lowest BCUT2D eigenvalue weighted by Gasteiger charge is -2.07. The molecule has 1 aromatic heterocycles. The van der Waals surface area contributed by atoms with Crippen LogP contribution in [0.1, 0.15) is 24.5 Å². The highest BCUT2D eigenvalue weighted by atomic mass is 16.5. The highest BCUT2D eigenvalue weighted by Gasteiger charge is 2.27. The van der Waals surface area contributed by atoms with E-state index in [1.54, 1.807) is 7.11 Å². The van der Waals surface area contributed by atoms with Crippen LogP contribution >= 0.6 is 0 Å². The third-order valence-corrected chi connectivity index (χ3v) is 2.95. The molecule has 1 aliphatic carbocycles. The number of nitrogens with zero attached hydrogens (tertiary/aromatic N) is 1. The lowest BCUT2D eigenvalue weighted by Crippen LogP contribution is -2.13. The third-order valence-electron chi connectivity index (χ3n) is 2.95. The van der Waals surface area contributed by atoms with E-state index in [1.165, 1.54) is 0 Å². The Labute approximate surface area is 92.3 Å². The molecule has 4 nitrogen and oxygen atoms in total. The summed E-state index contributed by atoms with van der Waals surface area (Å²) in [4.78, 5) is 18.3. The number of para-hydroxylation sites is 1. The lowest BCUT2D eigenvalue weighted by atomic mass is 10.1. The summed E-state index contributed by atoms with van der Waals surface area (Å²) in [6.45, 7) is 0. The van der Waals surface area contributed by atoms with Crippen LogP contribution in [0.3, 0.4) is 0 Å². The summed E-state index contributed by atoms with van der Waals surface area (Å²) in [5.41, 5.74) is 1.38. The third kappa shape index (κ3) is 1.38. The Morgan fingerprint density at radius 3 is 2.94 bits per heavy atom. The summed E-state index contributed by atoms with van der Waals surface area (Å²) < 4.78 is 5.22. The van der Waals surface area contributed by atoms with Crippen molar-refractivity contribution in [3.05, 3.63) is 34.4 Å². The fraction of sp³-hybridized carbons (Fsp3) is 0.333. The monoisotopic (exact) mass is 216 g/mol. The van der Waals surface area contributed by atoms with E-state index in [4.69, 9.17) is 4.74 Å². The number of hydrogen-bond acceptors (Lipinski definition) is 3. The molecular formula is C12H12N2O2. The molecule has 4 heteroatoms. The van der Waals surface area contributed by atoms with Crippen LogP contribution in [0.2, 0.25) is 0 Å². The van der Waals surface area contributed by atoms with E-state index in [2.05, 4.69) is 9.97 Å². The predicted molar refractivity (Wildman–Crippen MR) is 60.9 cm³/mol. The smallest absolute Gasteiger partial charge is 0.345 e. The standard InChI is InChI=1S/C12H12N2O2/c1-16-9-4-2-3-8-10(7-5-6-7)13-12(15)14-11(8)9/h2-4,7H,5-6H2,1H3,(H,13,14,15). The fourth-order valence-corrected chi connectivity index (χ4v) is 2.03. The van der Waals surface area contributed by atoms with Gasteiger partial charge in [0.05, 0.1) is 7.11 Å². The number of hydrogen-bond donors (Lipinski definition) is 1. The molecule has 1 aliphatic rings. The Morgan fingerprint density at radius 1 is 1.44 bits per heavy atom. The number of methoxy groups -OCH3 is 1. The molecule has 1 saturated carbocycles. The van der Waals surface area contributed by atoms with Gasteiger partial charge in [0.2, 0.25) is 0 Å². The van der Waals surface area contributed by atoms with Crippen LogP contribution in [0.15, 0.2) is 23.0 Å². The maximum absolute atomic E-state index is 11.5. The molecule has 82 valence electrons. The van der Waals surface area contributed by atoms with Gasteiger partial charge >= 0.3 is 5.69 Å². The van der Waals surface area contributed by atoms with E-state index in [0.717, 1.165) is 23.9 Å². The van der Waals surface area contributed by atoms with Gasteiger partial charge in [0.25, 0.3) is 0 Å². The molecule has 1 N–H and O–H groups in total. The SMILES string of the molecule is COc1cccc2c(C3CC3)[nH]c(=O)nc12. The minimum absolute atomic E-state index is 0.293. The Morgan fingerprint density at radius 2 is 2.25 bits per heavy atom. The number of aromatic amines is 1. The zero-order chi connectivity index (χ0) is 11.1. The number of H-pyrrole nitrogens is 1. The van der Waals surface area contributed by atoms with E-state index in [1.807, 2.05) is 18.2 Å². The van der Waals surface area contributed by atoms with Crippen LogP contribution in [0.25, 0.3) is 10.9 Å². The molecule has 0 amide bonds. The highest BCUT2D eigenvalue weighted by molar-refractivity contribution is 5.86. The molecule has 1 heterocycles. The zero-order valence-electron chi connectivity index (χ0n) is 8.99. The number of fused-ring (bicyclic) bond motifs is 1. The zero-order valence-corrected chi connectivity index (χ0v) is 8.99. The van der Waals surface area contributed by atoms with Crippen LogP contribution < -0.4 is 10.4 Å². The molecular weight excluding hydrogens is 204 g/mol. The van der Waals surface area contributed by atoms with Gasteiger partial charge in [0, 0.05) is 11.1 Å². The molecule has 3 rings (SSSR count). The largest absolute Gasteiger partial charge is 0.494 e. The van der Waals surface area contributed by atoms with Gasteiger partial charge in [-0.15, -0.1) is 0 Å². The van der Waals surface area contributed by atoms with Crippen LogP contribution in [-0.4, -0.2) is 17.1 Å². The van der Waals surface area contributed by atoms with Crippen LogP contribution in [0.4, 0.5) is 0 Å². The minimum atomic E-state index is -0.293. The predicted octanol–water partition coefficient (Wildman–Crippen LogP) is 1.81. The summed E-state index contributed by atoms with van der Waals surface area (Å²) in [7, 11) is 1.59. The summed E-state index contributed by atoms with van der Waals surface area (Å²) in [6.07, 6.45) is 2.29. The van der Waals surface area contributed by atoms with E-state index < -0.39 is 0 Å². The van der Waals surface area contributed by atoms with E-state index in [9.17, 15) is 4.79 Å². The van der Waals surface area contributed by atoms with Gasteiger partial charge in [-0.1, -0.05) is 12.1 Å². The van der Waals surface area contributed by atoms with Crippen LogP contribution in [-0.2, 0) is 0 Å². The van der Waals surface area contributed by atoms with Gasteiger partial charge in [-0.25, -0.2) is 4.79 Å². The second-order valence-corrected chi connectivity index (χ2v) is 4.09.